The lowest BCUT2D eigenvalue weighted by molar-refractivity contribution is 0.0602. The van der Waals surface area contributed by atoms with Gasteiger partial charge in [0, 0.05) is 43.7 Å². The summed E-state index contributed by atoms with van der Waals surface area (Å²) in [5.41, 5.74) is 1.92. The van der Waals surface area contributed by atoms with Gasteiger partial charge in [0.15, 0.2) is 5.13 Å². The van der Waals surface area contributed by atoms with Gasteiger partial charge in [-0.15, -0.1) is 11.3 Å². The summed E-state index contributed by atoms with van der Waals surface area (Å²) in [4.78, 5) is 39.6. The first-order valence-electron chi connectivity index (χ1n) is 10.2. The highest BCUT2D eigenvalue weighted by Crippen LogP contribution is 2.26. The molecule has 10 heteroatoms. The molecular weight excluding hydrogens is 430 g/mol. The van der Waals surface area contributed by atoms with Gasteiger partial charge in [0.05, 0.1) is 18.4 Å². The van der Waals surface area contributed by atoms with Crippen molar-refractivity contribution in [1.82, 2.24) is 15.0 Å². The van der Waals surface area contributed by atoms with Gasteiger partial charge in [0.25, 0.3) is 5.91 Å². The van der Waals surface area contributed by atoms with Gasteiger partial charge >= 0.3 is 12.0 Å². The van der Waals surface area contributed by atoms with Crippen molar-refractivity contribution < 1.29 is 19.1 Å². The van der Waals surface area contributed by atoms with Crippen molar-refractivity contribution in [3.05, 3.63) is 58.9 Å². The number of hydrogen-bond acceptors (Lipinski definition) is 9. The van der Waals surface area contributed by atoms with Crippen LogP contribution in [0.1, 0.15) is 39.3 Å². The first-order valence-corrected chi connectivity index (χ1v) is 11.1. The van der Waals surface area contributed by atoms with Crippen LogP contribution in [0.25, 0.3) is 0 Å². The molecule has 1 aliphatic rings. The molecule has 0 atom stereocenters. The number of ether oxygens (including phenoxy) is 2. The summed E-state index contributed by atoms with van der Waals surface area (Å²) in [7, 11) is 1.31. The summed E-state index contributed by atoms with van der Waals surface area (Å²) in [5, 5.41) is 5.29. The lowest BCUT2D eigenvalue weighted by Gasteiger charge is -2.31. The Kier molecular flexibility index (Phi) is 6.60. The third kappa shape index (κ3) is 5.02. The van der Waals surface area contributed by atoms with E-state index in [1.54, 1.807) is 42.0 Å². The number of amides is 1. The van der Waals surface area contributed by atoms with E-state index in [0.717, 1.165) is 36.6 Å². The van der Waals surface area contributed by atoms with Gasteiger partial charge in [0.1, 0.15) is 11.8 Å². The number of carbonyl (C=O) groups is 2. The summed E-state index contributed by atoms with van der Waals surface area (Å²) in [5.74, 6) is -0.882. The van der Waals surface area contributed by atoms with E-state index in [1.165, 1.54) is 18.4 Å². The Morgan fingerprint density at radius 2 is 1.94 bits per heavy atom. The van der Waals surface area contributed by atoms with Gasteiger partial charge in [-0.25, -0.2) is 19.7 Å². The molecular formula is C22H23N5O4S. The van der Waals surface area contributed by atoms with Crippen LogP contribution in [0.15, 0.2) is 42.0 Å². The molecule has 3 aromatic rings. The van der Waals surface area contributed by atoms with Gasteiger partial charge in [-0.05, 0) is 30.7 Å². The largest absolute Gasteiger partial charge is 0.465 e. The minimum Gasteiger partial charge on any atom is -0.465 e. The number of anilines is 2. The number of methoxy groups -OCH3 is 1. The lowest BCUT2D eigenvalue weighted by atomic mass is 10.1. The number of nitrogens with one attached hydrogen (secondary N) is 1. The SMILES string of the molecule is COC(=O)c1ccc(C)cc1NC(=O)c1csc(N2CCC(Oc3ncccn3)CC2)n1. The van der Waals surface area contributed by atoms with Crippen molar-refractivity contribution in [3.8, 4) is 6.01 Å². The van der Waals surface area contributed by atoms with Crippen LogP contribution in [0, 0.1) is 6.92 Å². The lowest BCUT2D eigenvalue weighted by Crippen LogP contribution is -2.38. The van der Waals surface area contributed by atoms with E-state index in [2.05, 4.69) is 25.2 Å². The van der Waals surface area contributed by atoms with E-state index >= 15 is 0 Å². The fourth-order valence-corrected chi connectivity index (χ4v) is 4.27. The summed E-state index contributed by atoms with van der Waals surface area (Å²) >= 11 is 1.42. The molecule has 0 unspecified atom stereocenters. The van der Waals surface area contributed by atoms with Crippen LogP contribution in [0.3, 0.4) is 0 Å². The first-order chi connectivity index (χ1) is 15.5. The second-order valence-corrected chi connectivity index (χ2v) is 8.18. The zero-order chi connectivity index (χ0) is 22.5. The fraction of sp³-hybridized carbons (Fsp3) is 0.318. The highest BCUT2D eigenvalue weighted by Gasteiger charge is 2.24. The highest BCUT2D eigenvalue weighted by atomic mass is 32.1. The molecule has 1 aromatic carbocycles. The zero-order valence-electron chi connectivity index (χ0n) is 17.8. The minimum absolute atomic E-state index is 0.0504. The normalized spacial score (nSPS) is 14.1. The molecule has 0 saturated carbocycles. The maximum atomic E-state index is 12.8. The predicted molar refractivity (Wildman–Crippen MR) is 120 cm³/mol. The van der Waals surface area contributed by atoms with E-state index in [9.17, 15) is 9.59 Å². The summed E-state index contributed by atoms with van der Waals surface area (Å²) in [6, 6.07) is 7.30. The molecule has 1 fully saturated rings. The Morgan fingerprint density at radius 3 is 2.66 bits per heavy atom. The first kappa shape index (κ1) is 21.7. The number of carbonyl (C=O) groups excluding carboxylic acids is 2. The van der Waals surface area contributed by atoms with Crippen molar-refractivity contribution in [1.29, 1.82) is 0 Å². The number of aromatic nitrogens is 3. The molecule has 1 saturated heterocycles. The minimum atomic E-state index is -0.509. The number of rotatable bonds is 6. The van der Waals surface area contributed by atoms with E-state index in [0.29, 0.717) is 23.0 Å². The molecule has 3 heterocycles. The zero-order valence-corrected chi connectivity index (χ0v) is 18.6. The topological polar surface area (TPSA) is 107 Å². The number of esters is 1. The Morgan fingerprint density at radius 1 is 1.19 bits per heavy atom. The van der Waals surface area contributed by atoms with Crippen LogP contribution < -0.4 is 15.0 Å². The molecule has 0 aliphatic carbocycles. The van der Waals surface area contributed by atoms with Gasteiger partial charge in [-0.1, -0.05) is 6.07 Å². The maximum Gasteiger partial charge on any atom is 0.339 e. The quantitative estimate of drug-likeness (QED) is 0.567. The monoisotopic (exact) mass is 453 g/mol. The van der Waals surface area contributed by atoms with Crippen LogP contribution in [0.2, 0.25) is 0 Å². The molecule has 0 spiro atoms. The molecule has 4 rings (SSSR count). The summed E-state index contributed by atoms with van der Waals surface area (Å²) < 4.78 is 10.6. The average molecular weight is 454 g/mol. The third-order valence-corrected chi connectivity index (χ3v) is 5.98. The van der Waals surface area contributed by atoms with Gasteiger partial charge < -0.3 is 19.7 Å². The number of hydrogen-bond donors (Lipinski definition) is 1. The average Bonchev–Trinajstić information content (AvgIpc) is 3.30. The standard InChI is InChI=1S/C22H23N5O4S/c1-14-4-5-16(20(29)30-2)17(12-14)25-19(28)18-13-32-22(26-18)27-10-6-15(7-11-27)31-21-23-8-3-9-24-21/h3-5,8-9,12-13,15H,6-7,10-11H2,1-2H3,(H,25,28). The van der Waals surface area contributed by atoms with Gasteiger partial charge in [-0.3, -0.25) is 4.79 Å². The van der Waals surface area contributed by atoms with Crippen LogP contribution in [-0.2, 0) is 4.74 Å². The van der Waals surface area contributed by atoms with E-state index in [1.807, 2.05) is 6.92 Å². The molecule has 0 radical (unpaired) electrons. The molecule has 9 nitrogen and oxygen atoms in total. The van der Waals surface area contributed by atoms with Crippen molar-refractivity contribution in [2.24, 2.45) is 0 Å². The molecule has 1 N–H and O–H groups in total. The van der Waals surface area contributed by atoms with E-state index < -0.39 is 5.97 Å². The van der Waals surface area contributed by atoms with Crippen molar-refractivity contribution in [2.45, 2.75) is 25.9 Å². The van der Waals surface area contributed by atoms with Crippen LogP contribution in [0.5, 0.6) is 6.01 Å². The molecule has 1 amide bonds. The second kappa shape index (κ2) is 9.73. The molecule has 166 valence electrons. The number of piperidine rings is 1. The molecule has 1 aliphatic heterocycles. The van der Waals surface area contributed by atoms with Crippen LogP contribution in [0.4, 0.5) is 10.8 Å². The van der Waals surface area contributed by atoms with Crippen LogP contribution in [-0.4, -0.2) is 53.1 Å². The maximum absolute atomic E-state index is 12.8. The van der Waals surface area contributed by atoms with Crippen LogP contribution >= 0.6 is 11.3 Å². The Balaban J connectivity index is 1.38. The number of thiazole rings is 1. The summed E-state index contributed by atoms with van der Waals surface area (Å²) in [6.45, 7) is 3.40. The fourth-order valence-electron chi connectivity index (χ4n) is 3.41. The second-order valence-electron chi connectivity index (χ2n) is 7.35. The Hall–Kier alpha value is -3.53. The Labute approximate surface area is 189 Å². The van der Waals surface area contributed by atoms with E-state index in [4.69, 9.17) is 9.47 Å². The van der Waals surface area contributed by atoms with E-state index in [-0.39, 0.29) is 12.0 Å². The van der Waals surface area contributed by atoms with Crippen molar-refractivity contribution in [3.63, 3.8) is 0 Å². The smallest absolute Gasteiger partial charge is 0.339 e. The third-order valence-electron chi connectivity index (χ3n) is 5.08. The summed E-state index contributed by atoms with van der Waals surface area (Å²) in [6.07, 6.45) is 4.99. The highest BCUT2D eigenvalue weighted by molar-refractivity contribution is 7.14. The molecule has 32 heavy (non-hydrogen) atoms. The molecule has 2 aromatic heterocycles. The number of aryl methyl sites for hydroxylation is 1. The molecule has 0 bridgehead atoms. The van der Waals surface area contributed by atoms with Crippen molar-refractivity contribution >= 4 is 34.0 Å². The van der Waals surface area contributed by atoms with Gasteiger partial charge in [-0.2, -0.15) is 0 Å². The predicted octanol–water partition coefficient (Wildman–Crippen LogP) is 3.33. The number of nitrogens with zero attached hydrogens (tertiary/aromatic N) is 4. The Bertz CT molecular complexity index is 1100. The van der Waals surface area contributed by atoms with Crippen molar-refractivity contribution in [2.75, 3.05) is 30.4 Å². The number of benzene rings is 1. The van der Waals surface area contributed by atoms with Gasteiger partial charge in [0.2, 0.25) is 0 Å².